The SMILES string of the molecule is Cc1nccn1C1(C(=O)O)CCN(S(=O)(=O)N2CCCCC2)CC1. The fourth-order valence-electron chi connectivity index (χ4n) is 3.73. The molecule has 1 N–H and O–H groups in total. The van der Waals surface area contributed by atoms with Crippen LogP contribution in [0.4, 0.5) is 0 Å². The van der Waals surface area contributed by atoms with Gasteiger partial charge in [0.05, 0.1) is 0 Å². The summed E-state index contributed by atoms with van der Waals surface area (Å²) in [6.07, 6.45) is 6.57. The second kappa shape index (κ2) is 6.45. The van der Waals surface area contributed by atoms with Gasteiger partial charge in [0, 0.05) is 38.6 Å². The van der Waals surface area contributed by atoms with Crippen LogP contribution in [0.5, 0.6) is 0 Å². The van der Waals surface area contributed by atoms with Gasteiger partial charge in [0.1, 0.15) is 11.4 Å². The molecular formula is C15H24N4O4S. The molecule has 2 aliphatic rings. The topological polar surface area (TPSA) is 95.7 Å². The van der Waals surface area contributed by atoms with Gasteiger partial charge in [-0.3, -0.25) is 0 Å². The summed E-state index contributed by atoms with van der Waals surface area (Å²) in [5.41, 5.74) is -1.12. The van der Waals surface area contributed by atoms with E-state index in [9.17, 15) is 18.3 Å². The molecule has 2 aliphatic heterocycles. The zero-order chi connectivity index (χ0) is 17.4. The van der Waals surface area contributed by atoms with Crippen LogP contribution in [0.15, 0.2) is 12.4 Å². The first-order valence-corrected chi connectivity index (χ1v) is 9.77. The Kier molecular flexibility index (Phi) is 4.67. The Balaban J connectivity index is 1.79. The molecule has 0 aliphatic carbocycles. The summed E-state index contributed by atoms with van der Waals surface area (Å²) in [6.45, 7) is 3.31. The molecule has 0 bridgehead atoms. The number of aromatic nitrogens is 2. The zero-order valence-corrected chi connectivity index (χ0v) is 14.7. The van der Waals surface area contributed by atoms with Crippen LogP contribution in [-0.2, 0) is 20.5 Å². The highest BCUT2D eigenvalue weighted by atomic mass is 32.2. The molecule has 0 amide bonds. The van der Waals surface area contributed by atoms with Crippen molar-refractivity contribution in [2.75, 3.05) is 26.2 Å². The maximum Gasteiger partial charge on any atom is 0.330 e. The normalized spacial score (nSPS) is 23.2. The van der Waals surface area contributed by atoms with Gasteiger partial charge in [0.25, 0.3) is 10.2 Å². The molecule has 3 heterocycles. The lowest BCUT2D eigenvalue weighted by Gasteiger charge is -2.41. The molecule has 1 aromatic heterocycles. The third-order valence-electron chi connectivity index (χ3n) is 5.20. The van der Waals surface area contributed by atoms with E-state index >= 15 is 0 Å². The third-order valence-corrected chi connectivity index (χ3v) is 7.24. The highest BCUT2D eigenvalue weighted by Crippen LogP contribution is 2.33. The minimum Gasteiger partial charge on any atom is -0.479 e. The van der Waals surface area contributed by atoms with Crippen molar-refractivity contribution in [3.05, 3.63) is 18.2 Å². The Morgan fingerprint density at radius 1 is 1.12 bits per heavy atom. The average Bonchev–Trinajstić information content (AvgIpc) is 3.02. The Hall–Kier alpha value is -1.45. The van der Waals surface area contributed by atoms with E-state index in [1.54, 1.807) is 23.9 Å². The second-order valence-corrected chi connectivity index (χ2v) is 8.48. The number of carbonyl (C=O) groups is 1. The maximum absolute atomic E-state index is 12.8. The number of carboxylic acids is 1. The fraction of sp³-hybridized carbons (Fsp3) is 0.733. The van der Waals surface area contributed by atoms with Crippen molar-refractivity contribution in [2.45, 2.75) is 44.6 Å². The van der Waals surface area contributed by atoms with Gasteiger partial charge >= 0.3 is 5.97 Å². The first-order chi connectivity index (χ1) is 11.4. The first-order valence-electron chi connectivity index (χ1n) is 8.37. The number of aliphatic carboxylic acids is 1. The second-order valence-electron chi connectivity index (χ2n) is 6.55. The molecule has 9 heteroatoms. The summed E-state index contributed by atoms with van der Waals surface area (Å²) in [4.78, 5) is 16.1. The van der Waals surface area contributed by atoms with Crippen molar-refractivity contribution in [3.63, 3.8) is 0 Å². The van der Waals surface area contributed by atoms with Crippen LogP contribution < -0.4 is 0 Å². The molecule has 3 rings (SSSR count). The van der Waals surface area contributed by atoms with Gasteiger partial charge < -0.3 is 9.67 Å². The molecular weight excluding hydrogens is 332 g/mol. The zero-order valence-electron chi connectivity index (χ0n) is 13.9. The molecule has 0 saturated carbocycles. The van der Waals surface area contributed by atoms with Crippen molar-refractivity contribution < 1.29 is 18.3 Å². The monoisotopic (exact) mass is 356 g/mol. The number of carboxylic acid groups (broad SMARTS) is 1. The van der Waals surface area contributed by atoms with E-state index in [0.717, 1.165) is 19.3 Å². The van der Waals surface area contributed by atoms with E-state index in [1.807, 2.05) is 0 Å². The van der Waals surface area contributed by atoms with Crippen LogP contribution in [0.3, 0.4) is 0 Å². The van der Waals surface area contributed by atoms with Crippen LogP contribution >= 0.6 is 0 Å². The van der Waals surface area contributed by atoms with Gasteiger partial charge in [-0.1, -0.05) is 6.42 Å². The molecule has 0 spiro atoms. The van der Waals surface area contributed by atoms with Crippen molar-refractivity contribution >= 4 is 16.2 Å². The number of hydrogen-bond acceptors (Lipinski definition) is 4. The lowest BCUT2D eigenvalue weighted by Crippen LogP contribution is -2.55. The van der Waals surface area contributed by atoms with E-state index < -0.39 is 21.7 Å². The molecule has 134 valence electrons. The number of rotatable bonds is 4. The fourth-order valence-corrected chi connectivity index (χ4v) is 5.42. The summed E-state index contributed by atoms with van der Waals surface area (Å²) in [7, 11) is -3.49. The lowest BCUT2D eigenvalue weighted by molar-refractivity contribution is -0.150. The van der Waals surface area contributed by atoms with Crippen molar-refractivity contribution in [1.29, 1.82) is 0 Å². The van der Waals surface area contributed by atoms with Crippen LogP contribution in [0.1, 0.15) is 37.9 Å². The van der Waals surface area contributed by atoms with Gasteiger partial charge in [0.15, 0.2) is 0 Å². The lowest BCUT2D eigenvalue weighted by atomic mass is 9.88. The predicted octanol–water partition coefficient (Wildman–Crippen LogP) is 0.798. The van der Waals surface area contributed by atoms with Crippen molar-refractivity contribution in [2.24, 2.45) is 0 Å². The highest BCUT2D eigenvalue weighted by molar-refractivity contribution is 7.86. The number of nitrogens with zero attached hydrogens (tertiary/aromatic N) is 4. The molecule has 0 atom stereocenters. The minimum atomic E-state index is -3.49. The van der Waals surface area contributed by atoms with Crippen molar-refractivity contribution in [3.8, 4) is 0 Å². The van der Waals surface area contributed by atoms with E-state index in [2.05, 4.69) is 4.98 Å². The van der Waals surface area contributed by atoms with Gasteiger partial charge in [-0.05, 0) is 32.6 Å². The Bertz CT molecular complexity index is 701. The van der Waals surface area contributed by atoms with Crippen LogP contribution in [0, 0.1) is 6.92 Å². The minimum absolute atomic E-state index is 0.211. The summed E-state index contributed by atoms with van der Waals surface area (Å²) < 4.78 is 30.2. The summed E-state index contributed by atoms with van der Waals surface area (Å²) in [5.74, 6) is -0.302. The number of imidazole rings is 1. The van der Waals surface area contributed by atoms with Crippen molar-refractivity contribution in [1.82, 2.24) is 18.2 Å². The Morgan fingerprint density at radius 2 is 1.71 bits per heavy atom. The molecule has 1 aromatic rings. The highest BCUT2D eigenvalue weighted by Gasteiger charge is 2.46. The van der Waals surface area contributed by atoms with E-state index in [1.165, 1.54) is 8.61 Å². The number of hydrogen-bond donors (Lipinski definition) is 1. The van der Waals surface area contributed by atoms with Gasteiger partial charge in [-0.15, -0.1) is 0 Å². The molecule has 2 fully saturated rings. The van der Waals surface area contributed by atoms with Gasteiger partial charge in [-0.25, -0.2) is 9.78 Å². The van der Waals surface area contributed by atoms with Crippen LogP contribution in [-0.4, -0.2) is 63.8 Å². The quantitative estimate of drug-likeness (QED) is 0.861. The molecule has 8 nitrogen and oxygen atoms in total. The largest absolute Gasteiger partial charge is 0.479 e. The number of aryl methyl sites for hydroxylation is 1. The maximum atomic E-state index is 12.8. The van der Waals surface area contributed by atoms with E-state index in [0.29, 0.717) is 18.9 Å². The van der Waals surface area contributed by atoms with E-state index in [-0.39, 0.29) is 25.9 Å². The molecule has 0 unspecified atom stereocenters. The van der Waals surface area contributed by atoms with Crippen LogP contribution in [0.25, 0.3) is 0 Å². The predicted molar refractivity (Wildman–Crippen MR) is 87.7 cm³/mol. The Morgan fingerprint density at radius 3 is 2.21 bits per heavy atom. The summed E-state index contributed by atoms with van der Waals surface area (Å²) in [6, 6.07) is 0. The third kappa shape index (κ3) is 2.84. The van der Waals surface area contributed by atoms with Crippen LogP contribution in [0.2, 0.25) is 0 Å². The standard InChI is InChI=1S/C15H24N4O4S/c1-13-16-7-12-19(13)15(14(20)21)5-10-18(11-6-15)24(22,23)17-8-3-2-4-9-17/h7,12H,2-6,8-11H2,1H3,(H,20,21). The smallest absolute Gasteiger partial charge is 0.330 e. The van der Waals surface area contributed by atoms with Gasteiger partial charge in [-0.2, -0.15) is 17.0 Å². The Labute approximate surface area is 142 Å². The van der Waals surface area contributed by atoms with Gasteiger partial charge in [0.2, 0.25) is 0 Å². The molecule has 0 radical (unpaired) electrons. The summed E-state index contributed by atoms with van der Waals surface area (Å²) in [5, 5.41) is 9.80. The molecule has 2 saturated heterocycles. The first kappa shape index (κ1) is 17.4. The number of piperidine rings is 2. The molecule has 0 aromatic carbocycles. The summed E-state index contributed by atoms with van der Waals surface area (Å²) >= 11 is 0. The average molecular weight is 356 g/mol. The molecule has 24 heavy (non-hydrogen) atoms. The van der Waals surface area contributed by atoms with E-state index in [4.69, 9.17) is 0 Å².